The highest BCUT2D eigenvalue weighted by molar-refractivity contribution is 9.10. The van der Waals surface area contributed by atoms with E-state index < -0.39 is 23.8 Å². The van der Waals surface area contributed by atoms with Crippen LogP contribution in [-0.2, 0) is 16.0 Å². The van der Waals surface area contributed by atoms with Crippen molar-refractivity contribution >= 4 is 45.1 Å². The molecule has 0 bridgehead atoms. The van der Waals surface area contributed by atoms with Crippen molar-refractivity contribution in [3.05, 3.63) is 58.1 Å². The summed E-state index contributed by atoms with van der Waals surface area (Å²) >= 11 is 3.56. The van der Waals surface area contributed by atoms with Gasteiger partial charge in [-0.05, 0) is 72.3 Å². The number of ether oxygens (including phenoxy) is 2. The Bertz CT molecular complexity index is 1290. The number of benzene rings is 2. The van der Waals surface area contributed by atoms with Crippen LogP contribution >= 0.6 is 15.9 Å². The lowest BCUT2D eigenvalue weighted by atomic mass is 10.0. The van der Waals surface area contributed by atoms with Crippen LogP contribution in [0.4, 0.5) is 9.59 Å². The van der Waals surface area contributed by atoms with E-state index in [4.69, 9.17) is 13.9 Å². The molecule has 0 spiro atoms. The number of hydrogen-bond acceptors (Lipinski definition) is 6. The molecule has 4 rings (SSSR count). The molecular weight excluding hydrogens is 534 g/mol. The van der Waals surface area contributed by atoms with Crippen molar-refractivity contribution in [3.63, 3.8) is 0 Å². The Morgan fingerprint density at radius 3 is 2.50 bits per heavy atom. The second kappa shape index (κ2) is 10.6. The van der Waals surface area contributed by atoms with Gasteiger partial charge in [0.05, 0.1) is 23.2 Å². The minimum absolute atomic E-state index is 0.0833. The molecule has 190 valence electrons. The van der Waals surface area contributed by atoms with Crippen molar-refractivity contribution in [2.75, 3.05) is 13.2 Å². The first-order chi connectivity index (χ1) is 17.2. The van der Waals surface area contributed by atoms with Gasteiger partial charge in [0.1, 0.15) is 16.9 Å². The van der Waals surface area contributed by atoms with Crippen molar-refractivity contribution in [1.29, 1.82) is 0 Å². The first-order valence-electron chi connectivity index (χ1n) is 11.6. The highest BCUT2D eigenvalue weighted by Crippen LogP contribution is 2.40. The van der Waals surface area contributed by atoms with E-state index >= 15 is 0 Å². The molecule has 0 aliphatic heterocycles. The first-order valence-corrected chi connectivity index (χ1v) is 12.4. The largest absolute Gasteiger partial charge is 0.506 e. The molecule has 0 radical (unpaired) electrons. The lowest BCUT2D eigenvalue weighted by molar-refractivity contribution is -0.0357. The normalized spacial score (nSPS) is 14.5. The number of aromatic carboxylic acids is 1. The summed E-state index contributed by atoms with van der Waals surface area (Å²) in [6, 6.07) is 12.0. The van der Waals surface area contributed by atoms with E-state index in [0.29, 0.717) is 39.6 Å². The number of hydrogen-bond donors (Lipinski definition) is 2. The van der Waals surface area contributed by atoms with Crippen molar-refractivity contribution in [1.82, 2.24) is 4.90 Å². The van der Waals surface area contributed by atoms with Gasteiger partial charge in [0.15, 0.2) is 0 Å². The maximum Gasteiger partial charge on any atom is 0.506 e. The van der Waals surface area contributed by atoms with Gasteiger partial charge in [-0.1, -0.05) is 24.3 Å². The zero-order valence-corrected chi connectivity index (χ0v) is 21.2. The molecule has 10 heteroatoms. The van der Waals surface area contributed by atoms with Crippen LogP contribution in [0.15, 0.2) is 51.4 Å². The highest BCUT2D eigenvalue weighted by Gasteiger charge is 2.41. The van der Waals surface area contributed by atoms with E-state index in [9.17, 15) is 24.6 Å². The number of furan rings is 1. The minimum Gasteiger partial charge on any atom is -0.478 e. The average Bonchev–Trinajstić information content (AvgIpc) is 3.42. The Labute approximate surface area is 215 Å². The van der Waals surface area contributed by atoms with Gasteiger partial charge in [-0.15, -0.1) is 0 Å². The second-order valence-corrected chi connectivity index (χ2v) is 9.53. The van der Waals surface area contributed by atoms with Crippen molar-refractivity contribution in [2.45, 2.75) is 44.8 Å². The lowest BCUT2D eigenvalue weighted by Gasteiger charge is -2.33. The van der Waals surface area contributed by atoms with E-state index in [-0.39, 0.29) is 25.3 Å². The number of carboxylic acid groups (broad SMARTS) is 2. The van der Waals surface area contributed by atoms with Gasteiger partial charge in [-0.3, -0.25) is 4.90 Å². The fraction of sp³-hybridized carbons (Fsp3) is 0.346. The van der Waals surface area contributed by atoms with E-state index in [1.165, 1.54) is 11.0 Å². The van der Waals surface area contributed by atoms with Crippen molar-refractivity contribution in [3.8, 4) is 11.3 Å². The van der Waals surface area contributed by atoms with E-state index in [1.54, 1.807) is 37.3 Å². The van der Waals surface area contributed by atoms with E-state index in [1.807, 2.05) is 6.07 Å². The van der Waals surface area contributed by atoms with Gasteiger partial charge in [0, 0.05) is 17.5 Å². The molecule has 2 N–H and O–H groups in total. The molecule has 1 aliphatic carbocycles. The third-order valence-corrected chi connectivity index (χ3v) is 7.08. The molecule has 36 heavy (non-hydrogen) atoms. The SMILES string of the molecule is CCOC(=O)N(Cc1ccc2oc(-c3ccccc3C(=O)O)c(Br)c2c1)CC1(OC(=O)O)CCCC1. The summed E-state index contributed by atoms with van der Waals surface area (Å²) in [5.74, 6) is -0.671. The summed E-state index contributed by atoms with van der Waals surface area (Å²) in [5, 5.41) is 19.6. The summed E-state index contributed by atoms with van der Waals surface area (Å²) in [6.07, 6.45) is 0.789. The molecule has 0 saturated heterocycles. The number of nitrogens with zero attached hydrogens (tertiary/aromatic N) is 1. The smallest absolute Gasteiger partial charge is 0.478 e. The van der Waals surface area contributed by atoms with Gasteiger partial charge in [-0.25, -0.2) is 14.4 Å². The molecule has 9 nitrogen and oxygen atoms in total. The maximum absolute atomic E-state index is 12.8. The number of carbonyl (C=O) groups is 3. The third-order valence-electron chi connectivity index (χ3n) is 6.29. The number of carbonyl (C=O) groups excluding carboxylic acids is 1. The van der Waals surface area contributed by atoms with Gasteiger partial charge >= 0.3 is 18.2 Å². The minimum atomic E-state index is -1.36. The Kier molecular flexibility index (Phi) is 7.53. The van der Waals surface area contributed by atoms with Crippen molar-refractivity contribution < 1.29 is 38.5 Å². The predicted octanol–water partition coefficient (Wildman–Crippen LogP) is 6.53. The van der Waals surface area contributed by atoms with Crippen LogP contribution in [0.25, 0.3) is 22.3 Å². The summed E-state index contributed by atoms with van der Waals surface area (Å²) < 4.78 is 17.1. The Morgan fingerprint density at radius 2 is 1.83 bits per heavy atom. The Hall–Kier alpha value is -3.53. The number of halogens is 1. The monoisotopic (exact) mass is 559 g/mol. The summed E-state index contributed by atoms with van der Waals surface area (Å²) in [5.41, 5.74) is 0.902. The molecule has 1 amide bonds. The van der Waals surface area contributed by atoms with Crippen LogP contribution in [0, 0.1) is 0 Å². The first kappa shape index (κ1) is 25.6. The fourth-order valence-corrected chi connectivity index (χ4v) is 5.32. The molecule has 2 aromatic carbocycles. The van der Waals surface area contributed by atoms with Crippen LogP contribution in [0.1, 0.15) is 48.5 Å². The Balaban J connectivity index is 1.67. The van der Waals surface area contributed by atoms with Gasteiger partial charge < -0.3 is 24.1 Å². The van der Waals surface area contributed by atoms with Gasteiger partial charge in [0.2, 0.25) is 0 Å². The van der Waals surface area contributed by atoms with Crippen molar-refractivity contribution in [2.24, 2.45) is 0 Å². The molecule has 0 atom stereocenters. The number of rotatable bonds is 8. The molecule has 0 unspecified atom stereocenters. The molecule has 1 saturated carbocycles. The number of fused-ring (bicyclic) bond motifs is 1. The Morgan fingerprint density at radius 1 is 1.11 bits per heavy atom. The molecule has 1 aliphatic rings. The van der Waals surface area contributed by atoms with E-state index in [2.05, 4.69) is 15.9 Å². The zero-order valence-electron chi connectivity index (χ0n) is 19.7. The standard InChI is InChI=1S/C26H26BrNO8/c1-2-34-24(31)28(15-26(36-25(32)33)11-5-6-12-26)14-16-9-10-20-19(13-16)21(27)22(35-20)17-7-3-4-8-18(17)23(29)30/h3-4,7-10,13H,2,5-6,11-12,14-15H2,1H3,(H,29,30)(H,32,33). The second-order valence-electron chi connectivity index (χ2n) is 8.74. The van der Waals surface area contributed by atoms with Gasteiger partial charge in [0.25, 0.3) is 0 Å². The highest BCUT2D eigenvalue weighted by atomic mass is 79.9. The molecule has 3 aromatic rings. The van der Waals surface area contributed by atoms with E-state index in [0.717, 1.165) is 18.4 Å². The topological polar surface area (TPSA) is 127 Å². The summed E-state index contributed by atoms with van der Waals surface area (Å²) in [4.78, 5) is 37.3. The fourth-order valence-electron chi connectivity index (χ4n) is 4.72. The summed E-state index contributed by atoms with van der Waals surface area (Å²) in [7, 11) is 0. The van der Waals surface area contributed by atoms with Crippen LogP contribution in [0.2, 0.25) is 0 Å². The number of amides is 1. The molecule has 1 heterocycles. The molecule has 1 aromatic heterocycles. The molecular formula is C26H26BrNO8. The van der Waals surface area contributed by atoms with Crippen LogP contribution in [0.5, 0.6) is 0 Å². The predicted molar refractivity (Wildman–Crippen MR) is 134 cm³/mol. The maximum atomic E-state index is 12.8. The molecule has 1 fully saturated rings. The summed E-state index contributed by atoms with van der Waals surface area (Å²) in [6.45, 7) is 2.14. The quantitative estimate of drug-likeness (QED) is 0.298. The average molecular weight is 560 g/mol. The van der Waals surface area contributed by atoms with Crippen LogP contribution < -0.4 is 0 Å². The zero-order chi connectivity index (χ0) is 25.9. The number of carboxylic acids is 1. The third kappa shape index (κ3) is 5.33. The van der Waals surface area contributed by atoms with Crippen LogP contribution in [-0.4, -0.2) is 52.1 Å². The lowest BCUT2D eigenvalue weighted by Crippen LogP contribution is -2.46. The van der Waals surface area contributed by atoms with Gasteiger partial charge in [-0.2, -0.15) is 0 Å². The van der Waals surface area contributed by atoms with Crippen LogP contribution in [0.3, 0.4) is 0 Å².